The molecule has 168 valence electrons. The molecule has 1 aliphatic heterocycles. The topological polar surface area (TPSA) is 64.2 Å². The van der Waals surface area contributed by atoms with Crippen molar-refractivity contribution in [3.05, 3.63) is 84.3 Å². The predicted molar refractivity (Wildman–Crippen MR) is 118 cm³/mol. The van der Waals surface area contributed by atoms with Gasteiger partial charge in [0.2, 0.25) is 0 Å². The van der Waals surface area contributed by atoms with Crippen LogP contribution in [-0.4, -0.2) is 38.6 Å². The minimum absolute atomic E-state index is 0.161. The molecule has 8 heteroatoms. The second-order valence-electron chi connectivity index (χ2n) is 8.21. The average Bonchev–Trinajstić information content (AvgIpc) is 3.52. The summed E-state index contributed by atoms with van der Waals surface area (Å²) in [5.41, 5.74) is 1.57. The monoisotopic (exact) mass is 448 g/mol. The number of piperidine rings is 1. The summed E-state index contributed by atoms with van der Waals surface area (Å²) in [6, 6.07) is 15.0. The molecule has 1 amide bonds. The number of halogens is 2. The average molecular weight is 448 g/mol. The van der Waals surface area contributed by atoms with Crippen LogP contribution in [0.1, 0.15) is 23.3 Å². The number of hydrogen-bond donors (Lipinski definition) is 0. The van der Waals surface area contributed by atoms with Gasteiger partial charge in [0.05, 0.1) is 0 Å². The molecule has 1 saturated heterocycles. The van der Waals surface area contributed by atoms with E-state index in [-0.39, 0.29) is 17.4 Å². The van der Waals surface area contributed by atoms with Gasteiger partial charge in [-0.05, 0) is 37.0 Å². The molecule has 33 heavy (non-hydrogen) atoms. The van der Waals surface area contributed by atoms with Crippen molar-refractivity contribution in [2.24, 2.45) is 5.92 Å². The molecule has 0 bridgehead atoms. The maximum Gasteiger partial charge on any atom is 0.276 e. The molecule has 3 heterocycles. The fourth-order valence-electron chi connectivity index (χ4n) is 4.22. The van der Waals surface area contributed by atoms with Crippen molar-refractivity contribution in [3.8, 4) is 22.7 Å². The molecule has 0 N–H and O–H groups in total. The summed E-state index contributed by atoms with van der Waals surface area (Å²) in [7, 11) is 0. The van der Waals surface area contributed by atoms with Crippen LogP contribution in [0.15, 0.2) is 71.5 Å². The van der Waals surface area contributed by atoms with Crippen molar-refractivity contribution < 1.29 is 18.1 Å². The van der Waals surface area contributed by atoms with Crippen molar-refractivity contribution in [2.75, 3.05) is 13.1 Å². The lowest BCUT2D eigenvalue weighted by Gasteiger charge is -2.31. The molecular formula is C25H22F2N4O2. The summed E-state index contributed by atoms with van der Waals surface area (Å²) in [4.78, 5) is 19.1. The Morgan fingerprint density at radius 2 is 1.79 bits per heavy atom. The first kappa shape index (κ1) is 21.1. The van der Waals surface area contributed by atoms with E-state index in [0.717, 1.165) is 42.9 Å². The molecule has 6 nitrogen and oxygen atoms in total. The van der Waals surface area contributed by atoms with Crippen LogP contribution in [0, 0.1) is 17.6 Å². The van der Waals surface area contributed by atoms with E-state index in [1.165, 1.54) is 12.1 Å². The molecule has 5 rings (SSSR count). The highest BCUT2D eigenvalue weighted by molar-refractivity contribution is 5.93. The lowest BCUT2D eigenvalue weighted by Crippen LogP contribution is -2.39. The van der Waals surface area contributed by atoms with E-state index in [1.807, 2.05) is 42.7 Å². The minimum atomic E-state index is -0.979. The minimum Gasteiger partial charge on any atom is -0.355 e. The number of likely N-dealkylation sites (tertiary alicyclic amines) is 1. The van der Waals surface area contributed by atoms with Crippen molar-refractivity contribution in [1.29, 1.82) is 0 Å². The second kappa shape index (κ2) is 8.97. The SMILES string of the molecule is O=C(c1cc(-c2ccc(F)c(F)c2)on1)N1CCC(Cn2ccnc2-c2ccccc2)CC1. The van der Waals surface area contributed by atoms with Gasteiger partial charge in [-0.2, -0.15) is 0 Å². The van der Waals surface area contributed by atoms with Crippen LogP contribution >= 0.6 is 0 Å². The third kappa shape index (κ3) is 4.41. The van der Waals surface area contributed by atoms with Gasteiger partial charge in [-0.3, -0.25) is 4.79 Å². The Labute approximate surface area is 189 Å². The summed E-state index contributed by atoms with van der Waals surface area (Å²) in [6.45, 7) is 2.08. The number of benzene rings is 2. The van der Waals surface area contributed by atoms with E-state index in [1.54, 1.807) is 4.90 Å². The molecule has 1 fully saturated rings. The Bertz CT molecular complexity index is 1260. The Morgan fingerprint density at radius 1 is 1.00 bits per heavy atom. The number of amides is 1. The van der Waals surface area contributed by atoms with Crippen molar-refractivity contribution in [3.63, 3.8) is 0 Å². The normalized spacial score (nSPS) is 14.5. The van der Waals surface area contributed by atoms with Crippen LogP contribution in [0.25, 0.3) is 22.7 Å². The fraction of sp³-hybridized carbons (Fsp3) is 0.240. The lowest BCUT2D eigenvalue weighted by atomic mass is 9.96. The van der Waals surface area contributed by atoms with Crippen LogP contribution < -0.4 is 0 Å². The molecule has 0 spiro atoms. The van der Waals surface area contributed by atoms with Gasteiger partial charge in [0, 0.05) is 49.2 Å². The number of hydrogen-bond acceptors (Lipinski definition) is 4. The molecule has 0 saturated carbocycles. The van der Waals surface area contributed by atoms with Crippen LogP contribution in [-0.2, 0) is 6.54 Å². The summed E-state index contributed by atoms with van der Waals surface area (Å²) in [5.74, 6) is -0.544. The highest BCUT2D eigenvalue weighted by Gasteiger charge is 2.26. The number of nitrogens with zero attached hydrogens (tertiary/aromatic N) is 4. The summed E-state index contributed by atoms with van der Waals surface area (Å²) in [6.07, 6.45) is 5.54. The smallest absolute Gasteiger partial charge is 0.276 e. The third-order valence-electron chi connectivity index (χ3n) is 6.04. The lowest BCUT2D eigenvalue weighted by molar-refractivity contribution is 0.0672. The number of aromatic nitrogens is 3. The van der Waals surface area contributed by atoms with Gasteiger partial charge in [-0.1, -0.05) is 35.5 Å². The Hall–Kier alpha value is -3.81. The number of rotatable bonds is 5. The van der Waals surface area contributed by atoms with Gasteiger partial charge in [0.1, 0.15) is 5.82 Å². The van der Waals surface area contributed by atoms with Crippen molar-refractivity contribution in [1.82, 2.24) is 19.6 Å². The van der Waals surface area contributed by atoms with Crippen molar-refractivity contribution in [2.45, 2.75) is 19.4 Å². The van der Waals surface area contributed by atoms with E-state index < -0.39 is 11.6 Å². The highest BCUT2D eigenvalue weighted by Crippen LogP contribution is 2.26. The number of carbonyl (C=O) groups excluding carboxylic acids is 1. The zero-order chi connectivity index (χ0) is 22.8. The first-order valence-electron chi connectivity index (χ1n) is 10.9. The van der Waals surface area contributed by atoms with E-state index in [0.29, 0.717) is 24.6 Å². The van der Waals surface area contributed by atoms with Gasteiger partial charge in [0.25, 0.3) is 5.91 Å². The molecule has 4 aromatic rings. The summed E-state index contributed by atoms with van der Waals surface area (Å²) in [5, 5.41) is 3.85. The molecule has 0 atom stereocenters. The zero-order valence-electron chi connectivity index (χ0n) is 17.8. The van der Waals surface area contributed by atoms with Crippen LogP contribution in [0.4, 0.5) is 8.78 Å². The summed E-state index contributed by atoms with van der Waals surface area (Å²) < 4.78 is 34.0. The first-order valence-corrected chi connectivity index (χ1v) is 10.9. The molecule has 0 aliphatic carbocycles. The molecular weight excluding hydrogens is 426 g/mol. The van der Waals surface area contributed by atoms with Gasteiger partial charge in [0.15, 0.2) is 23.1 Å². The van der Waals surface area contributed by atoms with Crippen LogP contribution in [0.3, 0.4) is 0 Å². The van der Waals surface area contributed by atoms with Gasteiger partial charge < -0.3 is 14.0 Å². The van der Waals surface area contributed by atoms with E-state index in [9.17, 15) is 13.6 Å². The standard InChI is InChI=1S/C25H22F2N4O2/c26-20-7-6-19(14-21(20)27)23-15-22(29-33-23)25(32)30-11-8-17(9-12-30)16-31-13-10-28-24(31)18-4-2-1-3-5-18/h1-7,10,13-15,17H,8-9,11-12,16H2. The zero-order valence-corrected chi connectivity index (χ0v) is 17.8. The molecule has 0 unspecified atom stereocenters. The molecule has 0 radical (unpaired) electrons. The van der Waals surface area contributed by atoms with Crippen LogP contribution in [0.2, 0.25) is 0 Å². The Balaban J connectivity index is 1.21. The molecule has 2 aromatic carbocycles. The van der Waals surface area contributed by atoms with E-state index >= 15 is 0 Å². The van der Waals surface area contributed by atoms with Gasteiger partial charge in [-0.25, -0.2) is 13.8 Å². The maximum atomic E-state index is 13.5. The van der Waals surface area contributed by atoms with Gasteiger partial charge >= 0.3 is 0 Å². The summed E-state index contributed by atoms with van der Waals surface area (Å²) >= 11 is 0. The number of imidazole rings is 1. The quantitative estimate of drug-likeness (QED) is 0.429. The second-order valence-corrected chi connectivity index (χ2v) is 8.21. The van der Waals surface area contributed by atoms with E-state index in [4.69, 9.17) is 4.52 Å². The molecule has 2 aromatic heterocycles. The number of carbonyl (C=O) groups is 1. The molecule has 1 aliphatic rings. The van der Waals surface area contributed by atoms with Gasteiger partial charge in [-0.15, -0.1) is 0 Å². The Kier molecular flexibility index (Phi) is 5.73. The van der Waals surface area contributed by atoms with E-state index in [2.05, 4.69) is 14.7 Å². The maximum absolute atomic E-state index is 13.5. The Morgan fingerprint density at radius 3 is 2.55 bits per heavy atom. The largest absolute Gasteiger partial charge is 0.355 e. The third-order valence-corrected chi connectivity index (χ3v) is 6.04. The fourth-order valence-corrected chi connectivity index (χ4v) is 4.22. The first-order chi connectivity index (χ1) is 16.1. The van der Waals surface area contributed by atoms with Crippen molar-refractivity contribution >= 4 is 5.91 Å². The van der Waals surface area contributed by atoms with Crippen LogP contribution in [0.5, 0.6) is 0 Å². The highest BCUT2D eigenvalue weighted by atomic mass is 19.2. The predicted octanol–water partition coefficient (Wildman–Crippen LogP) is 5.04.